The van der Waals surface area contributed by atoms with Gasteiger partial charge in [0.1, 0.15) is 6.61 Å². The predicted molar refractivity (Wildman–Crippen MR) is 138 cm³/mol. The average Bonchev–Trinajstić information content (AvgIpc) is 2.73. The number of hydrogen-bond acceptors (Lipinski definition) is 10. The summed E-state index contributed by atoms with van der Waals surface area (Å²) in [5, 5.41) is 0. The third-order valence-corrected chi connectivity index (χ3v) is 5.77. The summed E-state index contributed by atoms with van der Waals surface area (Å²) in [6.07, 6.45) is -2.32. The highest BCUT2D eigenvalue weighted by molar-refractivity contribution is 5.92. The summed E-state index contributed by atoms with van der Waals surface area (Å²) in [5.74, 6) is -2.22. The molecule has 206 valence electrons. The van der Waals surface area contributed by atoms with Crippen molar-refractivity contribution in [1.82, 2.24) is 0 Å². The molecule has 10 nitrogen and oxygen atoms in total. The lowest BCUT2D eigenvalue weighted by molar-refractivity contribution is -0.181. The number of aliphatic imine (C=N–C) groups is 2. The molecule has 0 saturated heterocycles. The molecule has 0 N–H and O–H groups in total. The fourth-order valence-corrected chi connectivity index (χ4v) is 2.73. The van der Waals surface area contributed by atoms with Crippen LogP contribution in [-0.4, -0.2) is 86.7 Å². The Bertz CT molecular complexity index is 819. The van der Waals surface area contributed by atoms with Crippen LogP contribution in [0.4, 0.5) is 0 Å². The van der Waals surface area contributed by atoms with Gasteiger partial charge < -0.3 is 18.9 Å². The summed E-state index contributed by atoms with van der Waals surface area (Å²) in [4.78, 5) is 57.9. The Kier molecular flexibility index (Phi) is 12.3. The maximum absolute atomic E-state index is 13.5. The Morgan fingerprint density at radius 2 is 1.28 bits per heavy atom. The molecule has 0 radical (unpaired) electrons. The van der Waals surface area contributed by atoms with Crippen LogP contribution < -0.4 is 0 Å². The van der Waals surface area contributed by atoms with Gasteiger partial charge in [-0.15, -0.1) is 0 Å². The van der Waals surface area contributed by atoms with E-state index in [-0.39, 0.29) is 25.5 Å². The highest BCUT2D eigenvalue weighted by Gasteiger charge is 2.48. The van der Waals surface area contributed by atoms with Crippen LogP contribution in [-0.2, 0) is 38.1 Å². The van der Waals surface area contributed by atoms with Crippen LogP contribution in [0, 0.1) is 10.8 Å². The maximum atomic E-state index is 13.5. The molecule has 0 aromatic carbocycles. The Hall–Kier alpha value is -2.46. The average molecular weight is 513 g/mol. The lowest BCUT2D eigenvalue weighted by Crippen LogP contribution is -2.53. The molecule has 0 spiro atoms. The van der Waals surface area contributed by atoms with E-state index in [0.717, 1.165) is 0 Å². The molecule has 0 aromatic heterocycles. The molecule has 2 atom stereocenters. The second-order valence-corrected chi connectivity index (χ2v) is 11.6. The summed E-state index contributed by atoms with van der Waals surface area (Å²) in [7, 11) is 0. The van der Waals surface area contributed by atoms with Gasteiger partial charge in [-0.05, 0) is 61.9 Å². The molecule has 0 fully saturated rings. The smallest absolute Gasteiger partial charge is 0.338 e. The van der Waals surface area contributed by atoms with Crippen LogP contribution in [0.2, 0.25) is 0 Å². The van der Waals surface area contributed by atoms with Crippen molar-refractivity contribution in [3.05, 3.63) is 0 Å². The van der Waals surface area contributed by atoms with Crippen LogP contribution in [0.15, 0.2) is 9.98 Å². The van der Waals surface area contributed by atoms with E-state index in [0.29, 0.717) is 0 Å². The Morgan fingerprint density at radius 3 is 1.72 bits per heavy atom. The second kappa shape index (κ2) is 13.2. The Labute approximate surface area is 215 Å². The lowest BCUT2D eigenvalue weighted by atomic mass is 9.72. The van der Waals surface area contributed by atoms with E-state index in [9.17, 15) is 19.2 Å². The van der Waals surface area contributed by atoms with Gasteiger partial charge in [-0.2, -0.15) is 0 Å². The van der Waals surface area contributed by atoms with Crippen molar-refractivity contribution in [1.29, 1.82) is 0 Å². The molecule has 36 heavy (non-hydrogen) atoms. The highest BCUT2D eigenvalue weighted by atomic mass is 16.6. The number of ether oxygens (including phenoxy) is 4. The van der Waals surface area contributed by atoms with Gasteiger partial charge >= 0.3 is 11.9 Å². The largest absolute Gasteiger partial charge is 0.456 e. The topological polar surface area (TPSA) is 130 Å². The first-order chi connectivity index (χ1) is 16.2. The molecule has 0 bridgehead atoms. The zero-order chi connectivity index (χ0) is 28.5. The van der Waals surface area contributed by atoms with Gasteiger partial charge in [0.2, 0.25) is 0 Å². The van der Waals surface area contributed by atoms with Crippen LogP contribution >= 0.6 is 0 Å². The SMILES string of the molecule is C=NCC(OC(C)(C)C)C(=O)OC(CN=C)C(=O)C(C)(C)C(C)(C)OCC(=O)OCC(=O)C(C)(C)C. The Morgan fingerprint density at radius 1 is 0.778 bits per heavy atom. The fourth-order valence-electron chi connectivity index (χ4n) is 2.73. The minimum absolute atomic E-state index is 0.0453. The van der Waals surface area contributed by atoms with Crippen molar-refractivity contribution < 1.29 is 38.1 Å². The number of carbonyl (C=O) groups is 4. The standard InChI is InChI=1S/C26H44N2O8/c1-23(2,3)19(29)15-33-20(30)16-34-26(9,10)25(7,8)21(31)17(13-27-11)35-22(32)18(14-28-12)36-24(4,5)6/h17-18H,11-16H2,1-10H3. The normalized spacial score (nSPS) is 14.4. The highest BCUT2D eigenvalue weighted by Crippen LogP contribution is 2.36. The number of nitrogens with zero attached hydrogens (tertiary/aromatic N) is 2. The first-order valence-electron chi connectivity index (χ1n) is 11.8. The van der Waals surface area contributed by atoms with Crippen LogP contribution in [0.5, 0.6) is 0 Å². The molecular weight excluding hydrogens is 468 g/mol. The van der Waals surface area contributed by atoms with Crippen molar-refractivity contribution >= 4 is 36.9 Å². The van der Waals surface area contributed by atoms with E-state index >= 15 is 0 Å². The molecular formula is C26H44N2O8. The number of hydrogen-bond donors (Lipinski definition) is 0. The maximum Gasteiger partial charge on any atom is 0.338 e. The predicted octanol–water partition coefficient (Wildman–Crippen LogP) is 3.03. The molecule has 0 aromatic rings. The van der Waals surface area contributed by atoms with E-state index < -0.39 is 58.6 Å². The number of esters is 2. The van der Waals surface area contributed by atoms with Gasteiger partial charge in [0.25, 0.3) is 0 Å². The zero-order valence-corrected chi connectivity index (χ0v) is 23.6. The van der Waals surface area contributed by atoms with Crippen LogP contribution in [0.25, 0.3) is 0 Å². The van der Waals surface area contributed by atoms with Crippen LogP contribution in [0.1, 0.15) is 69.2 Å². The third-order valence-electron chi connectivity index (χ3n) is 5.77. The number of carbonyl (C=O) groups excluding carboxylic acids is 4. The molecule has 10 heteroatoms. The van der Waals surface area contributed by atoms with E-state index in [1.807, 2.05) is 0 Å². The fraction of sp³-hybridized carbons (Fsp3) is 0.769. The third kappa shape index (κ3) is 10.7. The van der Waals surface area contributed by atoms with E-state index in [2.05, 4.69) is 23.4 Å². The molecule has 0 aliphatic carbocycles. The van der Waals surface area contributed by atoms with E-state index in [4.69, 9.17) is 18.9 Å². The first-order valence-corrected chi connectivity index (χ1v) is 11.8. The van der Waals surface area contributed by atoms with Gasteiger partial charge in [-0.25, -0.2) is 9.59 Å². The summed E-state index contributed by atoms with van der Waals surface area (Å²) < 4.78 is 22.0. The first kappa shape index (κ1) is 33.5. The molecule has 0 amide bonds. The quantitative estimate of drug-likeness (QED) is 0.242. The Balaban J connectivity index is 5.45. The molecule has 0 heterocycles. The molecule has 0 saturated carbocycles. The molecule has 0 aliphatic rings. The van der Waals surface area contributed by atoms with Gasteiger partial charge in [-0.3, -0.25) is 19.6 Å². The minimum Gasteiger partial charge on any atom is -0.456 e. The summed E-state index contributed by atoms with van der Waals surface area (Å²) in [6.45, 7) is 22.7. The van der Waals surface area contributed by atoms with Crippen molar-refractivity contribution in [3.8, 4) is 0 Å². The van der Waals surface area contributed by atoms with Crippen molar-refractivity contribution in [2.45, 2.75) is 92.6 Å². The molecule has 0 aliphatic heterocycles. The number of Topliss-reactive ketones (excluding diaryl/α,β-unsaturated/α-hetero) is 2. The molecule has 0 rings (SSSR count). The minimum atomic E-state index is -1.26. The lowest BCUT2D eigenvalue weighted by Gasteiger charge is -2.41. The number of rotatable bonds is 15. The van der Waals surface area contributed by atoms with Gasteiger partial charge in [-0.1, -0.05) is 20.8 Å². The van der Waals surface area contributed by atoms with Crippen LogP contribution in [0.3, 0.4) is 0 Å². The van der Waals surface area contributed by atoms with E-state index in [1.165, 1.54) is 0 Å². The second-order valence-electron chi connectivity index (χ2n) is 11.6. The van der Waals surface area contributed by atoms with Gasteiger partial charge in [0.15, 0.2) is 30.4 Å². The van der Waals surface area contributed by atoms with E-state index in [1.54, 1.807) is 69.2 Å². The zero-order valence-electron chi connectivity index (χ0n) is 23.6. The van der Waals surface area contributed by atoms with Crippen molar-refractivity contribution in [2.24, 2.45) is 20.8 Å². The monoisotopic (exact) mass is 512 g/mol. The van der Waals surface area contributed by atoms with Crippen molar-refractivity contribution in [2.75, 3.05) is 26.3 Å². The summed E-state index contributed by atoms with van der Waals surface area (Å²) >= 11 is 0. The number of ketones is 2. The molecule has 2 unspecified atom stereocenters. The van der Waals surface area contributed by atoms with Gasteiger partial charge in [0, 0.05) is 5.41 Å². The summed E-state index contributed by atoms with van der Waals surface area (Å²) in [5.41, 5.74) is -3.72. The van der Waals surface area contributed by atoms with Gasteiger partial charge in [0.05, 0.1) is 29.7 Å². The summed E-state index contributed by atoms with van der Waals surface area (Å²) in [6, 6.07) is 0. The van der Waals surface area contributed by atoms with Crippen molar-refractivity contribution in [3.63, 3.8) is 0 Å².